The number of nitrogens with zero attached hydrogens (tertiary/aromatic N) is 4. The maximum absolute atomic E-state index is 14.1. The quantitative estimate of drug-likeness (QED) is 0.127. The molecule has 0 spiro atoms. The number of hydrogen-bond donors (Lipinski definition) is 2. The van der Waals surface area contributed by atoms with E-state index in [1.165, 1.54) is 6.33 Å². The van der Waals surface area contributed by atoms with Crippen LogP contribution in [0, 0.1) is 0 Å². The summed E-state index contributed by atoms with van der Waals surface area (Å²) < 4.78 is 40.0. The predicted octanol–water partition coefficient (Wildman–Crippen LogP) is 4.98. The predicted molar refractivity (Wildman–Crippen MR) is 148 cm³/mol. The van der Waals surface area contributed by atoms with Gasteiger partial charge >= 0.3 is 7.52 Å². The van der Waals surface area contributed by atoms with Crippen LogP contribution in [0.5, 0.6) is 5.75 Å². The maximum Gasteiger partial charge on any atom is 0.342 e. The monoisotopic (exact) mass is 548 g/mol. The van der Waals surface area contributed by atoms with E-state index < -0.39 is 19.9 Å². The van der Waals surface area contributed by atoms with Crippen molar-refractivity contribution in [2.45, 2.75) is 78.4 Å². The highest BCUT2D eigenvalue weighted by Crippen LogP contribution is 2.44. The van der Waals surface area contributed by atoms with Crippen LogP contribution >= 0.6 is 7.52 Å². The third kappa shape index (κ3) is 9.03. The molecular weight excluding hydrogens is 507 g/mol. The van der Waals surface area contributed by atoms with Gasteiger partial charge in [0.2, 0.25) is 0 Å². The zero-order chi connectivity index (χ0) is 27.4. The van der Waals surface area contributed by atoms with Crippen LogP contribution in [-0.4, -0.2) is 57.5 Å². The second-order valence-corrected chi connectivity index (χ2v) is 11.3. The van der Waals surface area contributed by atoms with Gasteiger partial charge in [-0.15, -0.1) is 0 Å². The van der Waals surface area contributed by atoms with Gasteiger partial charge in [0.05, 0.1) is 25.0 Å². The van der Waals surface area contributed by atoms with Crippen LogP contribution in [0.1, 0.15) is 53.4 Å². The van der Waals surface area contributed by atoms with Crippen molar-refractivity contribution in [2.75, 3.05) is 25.3 Å². The van der Waals surface area contributed by atoms with Gasteiger partial charge in [-0.3, -0.25) is 4.57 Å². The lowest BCUT2D eigenvalue weighted by atomic mass is 10.3. The molecule has 3 N–H and O–H groups in total. The van der Waals surface area contributed by atoms with Crippen LogP contribution in [-0.2, 0) is 25.3 Å². The number of rotatable bonds is 18. The fraction of sp³-hybridized carbons (Fsp3) is 0.577. The molecule has 0 aliphatic carbocycles. The van der Waals surface area contributed by atoms with Gasteiger partial charge in [0, 0.05) is 13.2 Å². The summed E-state index contributed by atoms with van der Waals surface area (Å²) in [6.45, 7) is 9.52. The molecule has 3 atom stereocenters. The van der Waals surface area contributed by atoms with Crippen LogP contribution in [0.2, 0.25) is 0 Å². The number of ether oxygens (including phenoxy) is 3. The molecule has 3 aromatic rings. The highest BCUT2D eigenvalue weighted by Gasteiger charge is 2.32. The highest BCUT2D eigenvalue weighted by molar-refractivity contribution is 7.57. The molecule has 12 heteroatoms. The summed E-state index contributed by atoms with van der Waals surface area (Å²) in [6.07, 6.45) is 5.83. The van der Waals surface area contributed by atoms with Gasteiger partial charge in [0.15, 0.2) is 17.8 Å². The molecule has 38 heavy (non-hydrogen) atoms. The number of nitrogens with two attached hydrogens (primary N) is 1. The van der Waals surface area contributed by atoms with Crippen molar-refractivity contribution in [3.8, 4) is 5.75 Å². The molecule has 3 rings (SSSR count). The standard InChI is InChI=1S/C26H41N6O5P/c1-5-7-14-34-26(35-15-8-6-2)21(4)31-38(33,37-22-12-10-9-11-13-22)19-36-20(3)16-32-18-30-23-24(27)28-17-29-25(23)32/h9-13,17-18,20-21,26H,5-8,14-16,19H2,1-4H3,(H,31,33)(H2,27,28,29)/t20-,21+,38?/m1/s1. The Morgan fingerprint density at radius 2 is 1.68 bits per heavy atom. The molecule has 0 aliphatic rings. The first-order valence-corrected chi connectivity index (χ1v) is 15.0. The first-order chi connectivity index (χ1) is 18.3. The number of benzene rings is 1. The topological polar surface area (TPSA) is 136 Å². The Kier molecular flexibility index (Phi) is 11.9. The molecule has 1 unspecified atom stereocenters. The molecule has 0 amide bonds. The van der Waals surface area contributed by atoms with Gasteiger partial charge in [-0.1, -0.05) is 44.9 Å². The number of fused-ring (bicyclic) bond motifs is 1. The molecule has 2 aromatic heterocycles. The van der Waals surface area contributed by atoms with E-state index in [1.54, 1.807) is 18.5 Å². The minimum Gasteiger partial charge on any atom is -0.431 e. The number of anilines is 1. The summed E-state index contributed by atoms with van der Waals surface area (Å²) in [4.78, 5) is 12.5. The number of aromatic nitrogens is 4. The van der Waals surface area contributed by atoms with Crippen LogP contribution in [0.3, 0.4) is 0 Å². The number of nitrogens with one attached hydrogen (secondary N) is 1. The minimum atomic E-state index is -3.53. The minimum absolute atomic E-state index is 0.159. The van der Waals surface area contributed by atoms with E-state index >= 15 is 0 Å². The number of imidazole rings is 1. The average molecular weight is 549 g/mol. The number of nitrogen functional groups attached to an aromatic ring is 1. The second kappa shape index (κ2) is 15.1. The first-order valence-electron chi connectivity index (χ1n) is 13.2. The number of para-hydroxylation sites is 1. The van der Waals surface area contributed by atoms with Crippen LogP contribution in [0.4, 0.5) is 5.82 Å². The van der Waals surface area contributed by atoms with Gasteiger partial charge in [-0.2, -0.15) is 0 Å². The summed E-state index contributed by atoms with van der Waals surface area (Å²) in [5.41, 5.74) is 7.04. The molecule has 1 aromatic carbocycles. The average Bonchev–Trinajstić information content (AvgIpc) is 3.31. The third-order valence-corrected chi connectivity index (χ3v) is 7.57. The van der Waals surface area contributed by atoms with Crippen molar-refractivity contribution in [1.82, 2.24) is 24.6 Å². The molecule has 0 radical (unpaired) electrons. The Balaban J connectivity index is 1.70. The summed E-state index contributed by atoms with van der Waals surface area (Å²) in [6, 6.07) is 8.64. The molecule has 0 bridgehead atoms. The van der Waals surface area contributed by atoms with Crippen molar-refractivity contribution in [3.63, 3.8) is 0 Å². The molecule has 210 valence electrons. The third-order valence-electron chi connectivity index (χ3n) is 5.78. The van der Waals surface area contributed by atoms with Gasteiger partial charge in [-0.05, 0) is 38.8 Å². The Hall–Kier alpha value is -2.56. The van der Waals surface area contributed by atoms with Gasteiger partial charge in [0.25, 0.3) is 0 Å². The fourth-order valence-electron chi connectivity index (χ4n) is 3.72. The van der Waals surface area contributed by atoms with Crippen molar-refractivity contribution in [1.29, 1.82) is 0 Å². The zero-order valence-corrected chi connectivity index (χ0v) is 23.7. The smallest absolute Gasteiger partial charge is 0.342 e. The summed E-state index contributed by atoms with van der Waals surface area (Å²) in [7, 11) is -3.53. The van der Waals surface area contributed by atoms with Crippen molar-refractivity contribution in [2.24, 2.45) is 0 Å². The molecule has 2 heterocycles. The van der Waals surface area contributed by atoms with Gasteiger partial charge < -0.3 is 29.0 Å². The highest BCUT2D eigenvalue weighted by atomic mass is 31.2. The lowest BCUT2D eigenvalue weighted by Gasteiger charge is -2.30. The first kappa shape index (κ1) is 30.0. The largest absolute Gasteiger partial charge is 0.431 e. The molecule has 0 aliphatic heterocycles. The second-order valence-electron chi connectivity index (χ2n) is 9.25. The van der Waals surface area contributed by atoms with E-state index in [1.807, 2.05) is 36.6 Å². The number of unbranched alkanes of at least 4 members (excludes halogenated alkanes) is 2. The Morgan fingerprint density at radius 1 is 1.00 bits per heavy atom. The zero-order valence-electron chi connectivity index (χ0n) is 22.8. The lowest BCUT2D eigenvalue weighted by molar-refractivity contribution is -0.155. The van der Waals surface area contributed by atoms with Crippen molar-refractivity contribution in [3.05, 3.63) is 43.0 Å². The summed E-state index contributed by atoms with van der Waals surface area (Å²) in [5, 5.41) is 3.15. The summed E-state index contributed by atoms with van der Waals surface area (Å²) >= 11 is 0. The molecule has 0 saturated heterocycles. The van der Waals surface area contributed by atoms with E-state index in [0.717, 1.165) is 25.7 Å². The normalized spacial score (nSPS) is 15.0. The van der Waals surface area contributed by atoms with Gasteiger partial charge in [-0.25, -0.2) is 20.0 Å². The van der Waals surface area contributed by atoms with E-state index in [2.05, 4.69) is 33.9 Å². The Morgan fingerprint density at radius 3 is 2.34 bits per heavy atom. The maximum atomic E-state index is 14.1. The Bertz CT molecular complexity index is 1140. The van der Waals surface area contributed by atoms with Crippen LogP contribution in [0.25, 0.3) is 11.2 Å². The molecule has 0 fully saturated rings. The number of hydrogen-bond acceptors (Lipinski definition) is 9. The van der Waals surface area contributed by atoms with Crippen molar-refractivity contribution < 1.29 is 23.3 Å². The fourth-order valence-corrected chi connectivity index (χ4v) is 5.56. The SMILES string of the molecule is CCCCOC(OCCCC)[C@H](C)NP(=O)(CO[C@H](C)Cn1cnc2c(N)ncnc21)Oc1ccccc1. The summed E-state index contributed by atoms with van der Waals surface area (Å²) in [5.74, 6) is 0.799. The van der Waals surface area contributed by atoms with E-state index in [9.17, 15) is 4.57 Å². The lowest BCUT2D eigenvalue weighted by Crippen LogP contribution is -2.41. The van der Waals surface area contributed by atoms with E-state index in [-0.39, 0.29) is 12.5 Å². The molecule has 11 nitrogen and oxygen atoms in total. The molecular formula is C26H41N6O5P. The van der Waals surface area contributed by atoms with E-state index in [0.29, 0.717) is 42.5 Å². The Labute approximate surface area is 224 Å². The van der Waals surface area contributed by atoms with Gasteiger partial charge in [0.1, 0.15) is 23.9 Å². The van der Waals surface area contributed by atoms with E-state index in [4.69, 9.17) is 24.5 Å². The van der Waals surface area contributed by atoms with Crippen LogP contribution < -0.4 is 15.3 Å². The van der Waals surface area contributed by atoms with Crippen LogP contribution in [0.15, 0.2) is 43.0 Å². The molecule has 0 saturated carbocycles. The van der Waals surface area contributed by atoms with Crippen molar-refractivity contribution >= 4 is 24.5 Å².